The average Bonchev–Trinajstić information content (AvgIpc) is 2.66. The number of methoxy groups -OCH3 is 1. The van der Waals surface area contributed by atoms with E-state index in [-0.39, 0.29) is 0 Å². The van der Waals surface area contributed by atoms with Crippen LogP contribution < -0.4 is 15.4 Å². The highest BCUT2D eigenvalue weighted by Crippen LogP contribution is 2.08. The SMILES string of the molecule is CCNC(=NCc1ccc(OCCOC)nc1)NCCCN(C(C)C)C(C)C. The summed E-state index contributed by atoms with van der Waals surface area (Å²) < 4.78 is 10.4. The number of nitrogens with one attached hydrogen (secondary N) is 2. The highest BCUT2D eigenvalue weighted by Gasteiger charge is 2.12. The highest BCUT2D eigenvalue weighted by atomic mass is 16.5. The number of hydrogen-bond acceptors (Lipinski definition) is 5. The number of pyridine rings is 1. The molecule has 0 saturated carbocycles. The van der Waals surface area contributed by atoms with Crippen LogP contribution in [-0.4, -0.2) is 67.9 Å². The molecule has 1 rings (SSSR count). The molecule has 0 aliphatic rings. The van der Waals surface area contributed by atoms with Crippen LogP contribution in [0.15, 0.2) is 23.3 Å². The second kappa shape index (κ2) is 14.2. The molecule has 0 amide bonds. The van der Waals surface area contributed by atoms with Crippen molar-refractivity contribution in [1.82, 2.24) is 20.5 Å². The van der Waals surface area contributed by atoms with Gasteiger partial charge >= 0.3 is 0 Å². The van der Waals surface area contributed by atoms with Gasteiger partial charge in [0.1, 0.15) is 6.61 Å². The lowest BCUT2D eigenvalue weighted by molar-refractivity contribution is 0.143. The third-order valence-electron chi connectivity index (χ3n) is 4.31. The first-order chi connectivity index (χ1) is 13.5. The van der Waals surface area contributed by atoms with E-state index >= 15 is 0 Å². The van der Waals surface area contributed by atoms with Crippen molar-refractivity contribution in [2.45, 2.75) is 59.7 Å². The van der Waals surface area contributed by atoms with Gasteiger partial charge in [-0.05, 0) is 46.6 Å². The topological polar surface area (TPSA) is 71.0 Å². The maximum atomic E-state index is 5.48. The van der Waals surface area contributed by atoms with Crippen LogP contribution in [0.1, 0.15) is 46.6 Å². The van der Waals surface area contributed by atoms with Crippen molar-refractivity contribution in [3.8, 4) is 5.88 Å². The van der Waals surface area contributed by atoms with E-state index in [2.05, 4.69) is 60.1 Å². The molecule has 0 radical (unpaired) electrons. The fourth-order valence-electron chi connectivity index (χ4n) is 2.91. The van der Waals surface area contributed by atoms with Gasteiger partial charge in [-0.3, -0.25) is 4.90 Å². The number of hydrogen-bond donors (Lipinski definition) is 2. The molecule has 1 aromatic heterocycles. The number of aliphatic imine (C=N–C) groups is 1. The van der Waals surface area contributed by atoms with E-state index in [1.165, 1.54) is 0 Å². The maximum Gasteiger partial charge on any atom is 0.213 e. The Morgan fingerprint density at radius 3 is 2.46 bits per heavy atom. The Labute approximate surface area is 170 Å². The first kappa shape index (κ1) is 24.2. The van der Waals surface area contributed by atoms with Gasteiger partial charge < -0.3 is 20.1 Å². The van der Waals surface area contributed by atoms with Crippen LogP contribution in [0, 0.1) is 0 Å². The van der Waals surface area contributed by atoms with Crippen LogP contribution in [0.5, 0.6) is 5.88 Å². The molecule has 0 aliphatic heterocycles. The number of guanidine groups is 1. The summed E-state index contributed by atoms with van der Waals surface area (Å²) in [5.74, 6) is 1.44. The second-order valence-corrected chi connectivity index (χ2v) is 7.25. The van der Waals surface area contributed by atoms with E-state index in [9.17, 15) is 0 Å². The van der Waals surface area contributed by atoms with Crippen molar-refractivity contribution in [3.05, 3.63) is 23.9 Å². The summed E-state index contributed by atoms with van der Waals surface area (Å²) in [5, 5.41) is 6.72. The molecule has 0 aromatic carbocycles. The number of aromatic nitrogens is 1. The predicted octanol–water partition coefficient (Wildman–Crippen LogP) is 2.67. The minimum absolute atomic E-state index is 0.501. The van der Waals surface area contributed by atoms with Crippen molar-refractivity contribution >= 4 is 5.96 Å². The van der Waals surface area contributed by atoms with Gasteiger partial charge in [0.25, 0.3) is 0 Å². The van der Waals surface area contributed by atoms with Crippen LogP contribution in [0.4, 0.5) is 0 Å². The highest BCUT2D eigenvalue weighted by molar-refractivity contribution is 5.79. The Morgan fingerprint density at radius 1 is 1.14 bits per heavy atom. The summed E-state index contributed by atoms with van der Waals surface area (Å²) in [5.41, 5.74) is 1.04. The van der Waals surface area contributed by atoms with Gasteiger partial charge in [-0.1, -0.05) is 6.07 Å². The lowest BCUT2D eigenvalue weighted by Crippen LogP contribution is -2.41. The zero-order valence-electron chi connectivity index (χ0n) is 18.5. The molecule has 2 N–H and O–H groups in total. The molecule has 0 unspecified atom stereocenters. The molecule has 0 fully saturated rings. The lowest BCUT2D eigenvalue weighted by Gasteiger charge is -2.30. The molecule has 7 nitrogen and oxygen atoms in total. The summed E-state index contributed by atoms with van der Waals surface area (Å²) in [6.07, 6.45) is 2.88. The van der Waals surface area contributed by atoms with E-state index in [1.807, 2.05) is 12.1 Å². The summed E-state index contributed by atoms with van der Waals surface area (Å²) >= 11 is 0. The molecule has 7 heteroatoms. The summed E-state index contributed by atoms with van der Waals surface area (Å²) in [4.78, 5) is 11.5. The van der Waals surface area contributed by atoms with Gasteiger partial charge in [0.2, 0.25) is 5.88 Å². The van der Waals surface area contributed by atoms with Gasteiger partial charge in [0, 0.05) is 51.1 Å². The monoisotopic (exact) mass is 393 g/mol. The lowest BCUT2D eigenvalue weighted by atomic mass is 10.2. The van der Waals surface area contributed by atoms with Crippen molar-refractivity contribution < 1.29 is 9.47 Å². The van der Waals surface area contributed by atoms with Gasteiger partial charge in [0.15, 0.2) is 5.96 Å². The molecular weight excluding hydrogens is 354 g/mol. The van der Waals surface area contributed by atoms with E-state index in [1.54, 1.807) is 13.3 Å². The van der Waals surface area contributed by atoms with Crippen molar-refractivity contribution in [2.24, 2.45) is 4.99 Å². The molecule has 0 saturated heterocycles. The van der Waals surface area contributed by atoms with Gasteiger partial charge in [-0.2, -0.15) is 0 Å². The Kier molecular flexibility index (Phi) is 12.2. The molecule has 160 valence electrons. The minimum Gasteiger partial charge on any atom is -0.475 e. The van der Waals surface area contributed by atoms with E-state index < -0.39 is 0 Å². The average molecular weight is 394 g/mol. The molecule has 0 spiro atoms. The van der Waals surface area contributed by atoms with Crippen molar-refractivity contribution in [3.63, 3.8) is 0 Å². The smallest absolute Gasteiger partial charge is 0.213 e. The first-order valence-corrected chi connectivity index (χ1v) is 10.3. The first-order valence-electron chi connectivity index (χ1n) is 10.3. The maximum absolute atomic E-state index is 5.48. The summed E-state index contributed by atoms with van der Waals surface area (Å²) in [7, 11) is 1.65. The Bertz CT molecular complexity index is 538. The molecule has 1 heterocycles. The van der Waals surface area contributed by atoms with E-state index in [4.69, 9.17) is 9.47 Å². The third-order valence-corrected chi connectivity index (χ3v) is 4.31. The molecule has 28 heavy (non-hydrogen) atoms. The standard InChI is InChI=1S/C21H39N5O2/c1-7-22-21(23-11-8-12-26(17(2)3)18(4)5)25-16-19-9-10-20(24-15-19)28-14-13-27-6/h9-10,15,17-18H,7-8,11-14,16H2,1-6H3,(H2,22,23,25). The van der Waals surface area contributed by atoms with Gasteiger partial charge in [-0.15, -0.1) is 0 Å². The number of rotatable bonds is 13. The largest absolute Gasteiger partial charge is 0.475 e. The minimum atomic E-state index is 0.501. The second-order valence-electron chi connectivity index (χ2n) is 7.25. The Morgan fingerprint density at radius 2 is 1.89 bits per heavy atom. The van der Waals surface area contributed by atoms with Crippen LogP contribution in [0.25, 0.3) is 0 Å². The third kappa shape index (κ3) is 9.90. The molecule has 0 bridgehead atoms. The Balaban J connectivity index is 2.46. The fourth-order valence-corrected chi connectivity index (χ4v) is 2.91. The zero-order chi connectivity index (χ0) is 20.8. The van der Waals surface area contributed by atoms with Crippen molar-refractivity contribution in [1.29, 1.82) is 0 Å². The molecule has 1 aromatic rings. The summed E-state index contributed by atoms with van der Waals surface area (Å²) in [6, 6.07) is 4.99. The predicted molar refractivity (Wildman–Crippen MR) is 116 cm³/mol. The summed E-state index contributed by atoms with van der Waals surface area (Å²) in [6.45, 7) is 15.5. The van der Waals surface area contributed by atoms with Gasteiger partial charge in [0.05, 0.1) is 13.2 Å². The quantitative estimate of drug-likeness (QED) is 0.305. The zero-order valence-corrected chi connectivity index (χ0v) is 18.5. The number of nitrogens with zero attached hydrogens (tertiary/aromatic N) is 3. The normalized spacial score (nSPS) is 12.1. The number of ether oxygens (including phenoxy) is 2. The van der Waals surface area contributed by atoms with Crippen molar-refractivity contribution in [2.75, 3.05) is 40.0 Å². The van der Waals surface area contributed by atoms with Crippen LogP contribution in [-0.2, 0) is 11.3 Å². The molecule has 0 atom stereocenters. The van der Waals surface area contributed by atoms with E-state index in [0.29, 0.717) is 37.7 Å². The molecule has 0 aliphatic carbocycles. The van der Waals surface area contributed by atoms with Crippen LogP contribution in [0.2, 0.25) is 0 Å². The van der Waals surface area contributed by atoms with Gasteiger partial charge in [-0.25, -0.2) is 9.98 Å². The molecular formula is C21H39N5O2. The van der Waals surface area contributed by atoms with E-state index in [0.717, 1.165) is 37.6 Å². The van der Waals surface area contributed by atoms with Crippen LogP contribution in [0.3, 0.4) is 0 Å². The Hall–Kier alpha value is -1.86. The fraction of sp³-hybridized carbons (Fsp3) is 0.714. The van der Waals surface area contributed by atoms with Crippen LogP contribution >= 0.6 is 0 Å².